The van der Waals surface area contributed by atoms with Crippen molar-refractivity contribution in [1.82, 2.24) is 0 Å². The van der Waals surface area contributed by atoms with Crippen LogP contribution in [0.5, 0.6) is 23.0 Å². The Kier molecular flexibility index (Phi) is 9.74. The van der Waals surface area contributed by atoms with E-state index in [9.17, 15) is 9.59 Å². The summed E-state index contributed by atoms with van der Waals surface area (Å²) in [5, 5.41) is 11.1. The molecule has 0 saturated heterocycles. The molecule has 0 aliphatic carbocycles. The van der Waals surface area contributed by atoms with Crippen LogP contribution in [-0.4, -0.2) is 45.2 Å². The largest absolute Gasteiger partial charge is 0.495 e. The average molecular weight is 498 g/mol. The molecule has 0 spiro atoms. The number of azo groups is 1. The van der Waals surface area contributed by atoms with E-state index in [0.717, 1.165) is 0 Å². The number of rotatable bonds is 11. The van der Waals surface area contributed by atoms with Crippen LogP contribution in [0.3, 0.4) is 0 Å². The molecule has 0 radical (unpaired) electrons. The van der Waals surface area contributed by atoms with E-state index >= 15 is 0 Å². The van der Waals surface area contributed by atoms with Crippen molar-refractivity contribution in [3.05, 3.63) is 34.3 Å². The summed E-state index contributed by atoms with van der Waals surface area (Å²) in [5.74, 6) is 0.222. The van der Waals surface area contributed by atoms with Crippen molar-refractivity contribution in [2.75, 3.05) is 32.8 Å². The van der Waals surface area contributed by atoms with Gasteiger partial charge in [0.05, 0.1) is 43.2 Å². The summed E-state index contributed by atoms with van der Waals surface area (Å²) in [4.78, 5) is 25.0. The van der Waals surface area contributed by atoms with Crippen molar-refractivity contribution in [2.24, 2.45) is 10.2 Å². The number of anilines is 1. The molecule has 2 aromatic carbocycles. The van der Waals surface area contributed by atoms with E-state index < -0.39 is 17.7 Å². The number of ether oxygens (including phenoxy) is 4. The number of amides is 1. The van der Waals surface area contributed by atoms with E-state index in [1.165, 1.54) is 45.4 Å². The second-order valence-corrected chi connectivity index (χ2v) is 7.34. The Hall–Kier alpha value is -3.04. The Bertz CT molecular complexity index is 1050. The van der Waals surface area contributed by atoms with Crippen LogP contribution in [0.1, 0.15) is 20.8 Å². The lowest BCUT2D eigenvalue weighted by molar-refractivity contribution is -0.126. The second-order valence-electron chi connectivity index (χ2n) is 6.52. The van der Waals surface area contributed by atoms with Gasteiger partial charge in [0.15, 0.2) is 17.3 Å². The molecule has 33 heavy (non-hydrogen) atoms. The van der Waals surface area contributed by atoms with Crippen molar-refractivity contribution >= 4 is 46.3 Å². The van der Waals surface area contributed by atoms with Gasteiger partial charge in [0.25, 0.3) is 5.91 Å². The van der Waals surface area contributed by atoms with Crippen molar-refractivity contribution in [1.29, 1.82) is 0 Å². The zero-order valence-electron chi connectivity index (χ0n) is 18.9. The standard InChI is InChI=1S/C22H25Cl2N3O6/c1-6-32-19-8-13(23)15(10-20(19)33-7-2)26-27-21(12(3)28)22(29)25-16-11-17(30-4)14(24)9-18(16)31-5/h8-11,21H,6-7H2,1-5H3,(H,25,29). The minimum Gasteiger partial charge on any atom is -0.495 e. The highest BCUT2D eigenvalue weighted by atomic mass is 35.5. The molecule has 1 atom stereocenters. The predicted octanol–water partition coefficient (Wildman–Crippen LogP) is 5.49. The number of nitrogens with one attached hydrogen (secondary N) is 1. The topological polar surface area (TPSA) is 108 Å². The fourth-order valence-corrected chi connectivity index (χ4v) is 3.16. The molecular formula is C22H25Cl2N3O6. The molecule has 0 saturated carbocycles. The first-order valence-corrected chi connectivity index (χ1v) is 10.7. The third-order valence-electron chi connectivity index (χ3n) is 4.26. The first kappa shape index (κ1) is 26.2. The maximum Gasteiger partial charge on any atom is 0.258 e. The Balaban J connectivity index is 2.34. The molecule has 178 valence electrons. The van der Waals surface area contributed by atoms with Gasteiger partial charge in [-0.25, -0.2) is 0 Å². The third kappa shape index (κ3) is 6.72. The number of ketones is 1. The highest BCUT2D eigenvalue weighted by Gasteiger charge is 2.25. The summed E-state index contributed by atoms with van der Waals surface area (Å²) in [6, 6.07) is 4.59. The van der Waals surface area contributed by atoms with E-state index in [1.54, 1.807) is 0 Å². The van der Waals surface area contributed by atoms with E-state index in [2.05, 4.69) is 15.5 Å². The quantitative estimate of drug-likeness (QED) is 0.324. The highest BCUT2D eigenvalue weighted by molar-refractivity contribution is 6.33. The summed E-state index contributed by atoms with van der Waals surface area (Å²) in [7, 11) is 2.85. The van der Waals surface area contributed by atoms with Crippen molar-refractivity contribution < 1.29 is 28.5 Å². The minimum atomic E-state index is -1.44. The maximum atomic E-state index is 12.8. The van der Waals surface area contributed by atoms with Gasteiger partial charge in [-0.1, -0.05) is 23.2 Å². The number of hydrogen-bond donors (Lipinski definition) is 1. The fraction of sp³-hybridized carbons (Fsp3) is 0.364. The number of methoxy groups -OCH3 is 2. The van der Waals surface area contributed by atoms with Gasteiger partial charge in [-0.15, -0.1) is 0 Å². The predicted molar refractivity (Wildman–Crippen MR) is 126 cm³/mol. The van der Waals surface area contributed by atoms with Crippen molar-refractivity contribution in [3.8, 4) is 23.0 Å². The highest BCUT2D eigenvalue weighted by Crippen LogP contribution is 2.39. The summed E-state index contributed by atoms with van der Waals surface area (Å²) < 4.78 is 21.5. The number of benzene rings is 2. The van der Waals surface area contributed by atoms with E-state index in [1.807, 2.05) is 13.8 Å². The molecule has 9 nitrogen and oxygen atoms in total. The van der Waals surface area contributed by atoms with Crippen LogP contribution in [0.2, 0.25) is 10.0 Å². The first-order valence-electron chi connectivity index (χ1n) is 9.98. The van der Waals surface area contributed by atoms with E-state index in [0.29, 0.717) is 35.5 Å². The first-order chi connectivity index (χ1) is 15.7. The summed E-state index contributed by atoms with van der Waals surface area (Å²) >= 11 is 12.4. The van der Waals surface area contributed by atoms with Gasteiger partial charge in [-0.05, 0) is 20.8 Å². The Labute approximate surface area is 202 Å². The van der Waals surface area contributed by atoms with Gasteiger partial charge in [0.1, 0.15) is 17.2 Å². The van der Waals surface area contributed by atoms with Gasteiger partial charge in [-0.3, -0.25) is 9.59 Å². The molecule has 1 amide bonds. The Morgan fingerprint density at radius 1 is 0.909 bits per heavy atom. The molecule has 0 fully saturated rings. The lowest BCUT2D eigenvalue weighted by atomic mass is 10.2. The second kappa shape index (κ2) is 12.3. The number of hydrogen-bond acceptors (Lipinski definition) is 8. The van der Waals surface area contributed by atoms with Gasteiger partial charge in [-0.2, -0.15) is 10.2 Å². The van der Waals surface area contributed by atoms with Gasteiger partial charge < -0.3 is 24.3 Å². The van der Waals surface area contributed by atoms with Gasteiger partial charge in [0, 0.05) is 24.3 Å². The Morgan fingerprint density at radius 2 is 1.48 bits per heavy atom. The van der Waals surface area contributed by atoms with Crippen LogP contribution in [0.15, 0.2) is 34.5 Å². The van der Waals surface area contributed by atoms with Crippen molar-refractivity contribution in [2.45, 2.75) is 26.8 Å². The van der Waals surface area contributed by atoms with Crippen LogP contribution >= 0.6 is 23.2 Å². The third-order valence-corrected chi connectivity index (χ3v) is 4.86. The van der Waals surface area contributed by atoms with Crippen LogP contribution < -0.4 is 24.3 Å². The average Bonchev–Trinajstić information content (AvgIpc) is 2.77. The fourth-order valence-electron chi connectivity index (χ4n) is 2.74. The summed E-state index contributed by atoms with van der Waals surface area (Å²) in [6.45, 7) is 5.70. The SMILES string of the molecule is CCOc1cc(Cl)c(N=NC(C(C)=O)C(=O)Nc2cc(OC)c(Cl)cc2OC)cc1OCC. The number of carbonyl (C=O) groups excluding carboxylic acids is 2. The maximum absolute atomic E-state index is 12.8. The molecule has 0 bridgehead atoms. The molecule has 0 aliphatic heterocycles. The molecule has 1 N–H and O–H groups in total. The number of nitrogens with zero attached hydrogens (tertiary/aromatic N) is 2. The molecular weight excluding hydrogens is 473 g/mol. The smallest absolute Gasteiger partial charge is 0.258 e. The van der Waals surface area contributed by atoms with Gasteiger partial charge in [0.2, 0.25) is 6.04 Å². The molecule has 2 aromatic rings. The van der Waals surface area contributed by atoms with E-state index in [4.69, 9.17) is 42.1 Å². The number of halogens is 2. The zero-order chi connectivity index (χ0) is 24.5. The summed E-state index contributed by atoms with van der Waals surface area (Å²) in [6.07, 6.45) is 0. The molecule has 1 unspecified atom stereocenters. The molecule has 11 heteroatoms. The molecule has 2 rings (SSSR count). The lowest BCUT2D eigenvalue weighted by Gasteiger charge is -2.15. The monoisotopic (exact) mass is 497 g/mol. The van der Waals surface area contributed by atoms with E-state index in [-0.39, 0.29) is 22.1 Å². The van der Waals surface area contributed by atoms with Crippen LogP contribution in [0, 0.1) is 0 Å². The normalized spacial score (nSPS) is 11.7. The zero-order valence-corrected chi connectivity index (χ0v) is 20.4. The molecule has 0 heterocycles. The van der Waals surface area contributed by atoms with Gasteiger partial charge >= 0.3 is 0 Å². The minimum absolute atomic E-state index is 0.216. The molecule has 0 aliphatic rings. The lowest BCUT2D eigenvalue weighted by Crippen LogP contribution is -2.32. The number of carbonyl (C=O) groups is 2. The van der Waals surface area contributed by atoms with Crippen molar-refractivity contribution in [3.63, 3.8) is 0 Å². The molecule has 0 aromatic heterocycles. The van der Waals surface area contributed by atoms with Crippen LogP contribution in [0.4, 0.5) is 11.4 Å². The summed E-state index contributed by atoms with van der Waals surface area (Å²) in [5.41, 5.74) is 0.469. The van der Waals surface area contributed by atoms with Crippen LogP contribution in [-0.2, 0) is 9.59 Å². The number of Topliss-reactive ketones (excluding diaryl/α,β-unsaturated/α-hetero) is 1. The Morgan fingerprint density at radius 3 is 2.03 bits per heavy atom. The van der Waals surface area contributed by atoms with Crippen LogP contribution in [0.25, 0.3) is 0 Å².